The molecule has 0 spiro atoms. The Hall–Kier alpha value is -0.900. The fourth-order valence-corrected chi connectivity index (χ4v) is 4.37. The maximum Gasteiger partial charge on any atom is 0.324 e. The normalized spacial score (nSPS) is 21.8. The highest BCUT2D eigenvalue weighted by molar-refractivity contribution is 7.89. The van der Waals surface area contributed by atoms with Gasteiger partial charge < -0.3 is 14.6 Å². The highest BCUT2D eigenvalue weighted by atomic mass is 35.5. The second-order valence-electron chi connectivity index (χ2n) is 5.22. The van der Waals surface area contributed by atoms with Gasteiger partial charge >= 0.3 is 5.97 Å². The van der Waals surface area contributed by atoms with Crippen LogP contribution in [0.15, 0.2) is 23.1 Å². The molecule has 1 aliphatic heterocycles. The first-order chi connectivity index (χ1) is 11.3. The molecular formula is C14H17Cl2NO6S. The molecule has 0 saturated carbocycles. The minimum atomic E-state index is -4.04. The number of carbonyl (C=O) groups excluding carboxylic acids is 1. The van der Waals surface area contributed by atoms with Gasteiger partial charge in [-0.3, -0.25) is 4.79 Å². The number of benzene rings is 1. The summed E-state index contributed by atoms with van der Waals surface area (Å²) < 4.78 is 36.2. The summed E-state index contributed by atoms with van der Waals surface area (Å²) in [5.41, 5.74) is 0. The number of methoxy groups -OCH3 is 1. The first-order valence-corrected chi connectivity index (χ1v) is 9.27. The van der Waals surface area contributed by atoms with E-state index < -0.39 is 28.1 Å². The van der Waals surface area contributed by atoms with Crippen LogP contribution in [-0.4, -0.2) is 62.8 Å². The molecule has 1 N–H and O–H groups in total. The number of nitrogens with zero attached hydrogens (tertiary/aromatic N) is 1. The molecule has 10 heteroatoms. The number of ether oxygens (including phenoxy) is 2. The molecule has 1 saturated heterocycles. The molecule has 134 valence electrons. The molecule has 2 rings (SSSR count). The Morgan fingerprint density at radius 1 is 1.33 bits per heavy atom. The number of aliphatic hydroxyl groups is 1. The Morgan fingerprint density at radius 3 is 2.67 bits per heavy atom. The lowest BCUT2D eigenvalue weighted by Crippen LogP contribution is -2.41. The summed E-state index contributed by atoms with van der Waals surface area (Å²) in [6, 6.07) is 2.75. The average Bonchev–Trinajstić information content (AvgIpc) is 2.93. The number of hydrogen-bond acceptors (Lipinski definition) is 6. The van der Waals surface area contributed by atoms with Crippen molar-refractivity contribution >= 4 is 39.2 Å². The molecule has 0 aliphatic carbocycles. The molecule has 0 amide bonds. The number of rotatable bonds is 6. The zero-order chi connectivity index (χ0) is 17.9. The topological polar surface area (TPSA) is 93.1 Å². The first kappa shape index (κ1) is 19.4. The highest BCUT2D eigenvalue weighted by Crippen LogP contribution is 2.30. The Labute approximate surface area is 150 Å². The Balaban J connectivity index is 2.25. The van der Waals surface area contributed by atoms with Gasteiger partial charge in [0.1, 0.15) is 12.6 Å². The second-order valence-corrected chi connectivity index (χ2v) is 7.92. The molecule has 1 fully saturated rings. The molecule has 0 radical (unpaired) electrons. The SMILES string of the molecule is COCCOC(=O)[C@@H]1CC(O)CN1S(=O)(=O)c1ccc(Cl)c(Cl)c1. The van der Waals surface area contributed by atoms with E-state index in [4.69, 9.17) is 32.7 Å². The van der Waals surface area contributed by atoms with Gasteiger partial charge in [0.2, 0.25) is 10.0 Å². The summed E-state index contributed by atoms with van der Waals surface area (Å²) in [5.74, 6) is -0.729. The van der Waals surface area contributed by atoms with Gasteiger partial charge in [-0.25, -0.2) is 8.42 Å². The summed E-state index contributed by atoms with van der Waals surface area (Å²) in [5, 5.41) is 10.1. The van der Waals surface area contributed by atoms with E-state index in [1.165, 1.54) is 25.3 Å². The first-order valence-electron chi connectivity index (χ1n) is 7.08. The van der Waals surface area contributed by atoms with Crippen molar-refractivity contribution < 1.29 is 27.8 Å². The van der Waals surface area contributed by atoms with Crippen molar-refractivity contribution in [2.75, 3.05) is 26.9 Å². The van der Waals surface area contributed by atoms with Crippen LogP contribution in [0.2, 0.25) is 10.0 Å². The smallest absolute Gasteiger partial charge is 0.324 e. The van der Waals surface area contributed by atoms with Crippen molar-refractivity contribution in [2.24, 2.45) is 0 Å². The molecule has 24 heavy (non-hydrogen) atoms. The largest absolute Gasteiger partial charge is 0.462 e. The van der Waals surface area contributed by atoms with Crippen LogP contribution in [0.3, 0.4) is 0 Å². The number of β-amino-alcohol motifs (C(OH)–C–C–N with tert-alkyl or cyclic N) is 1. The van der Waals surface area contributed by atoms with Crippen molar-refractivity contribution in [1.82, 2.24) is 4.31 Å². The van der Waals surface area contributed by atoms with Crippen LogP contribution in [0.25, 0.3) is 0 Å². The quantitative estimate of drug-likeness (QED) is 0.574. The summed E-state index contributed by atoms with van der Waals surface area (Å²) in [6.07, 6.45) is -0.991. The molecule has 1 unspecified atom stereocenters. The van der Waals surface area contributed by atoms with Crippen LogP contribution in [0.1, 0.15) is 6.42 Å². The van der Waals surface area contributed by atoms with Crippen LogP contribution < -0.4 is 0 Å². The monoisotopic (exact) mass is 397 g/mol. The molecule has 2 atom stereocenters. The van der Waals surface area contributed by atoms with Crippen molar-refractivity contribution in [2.45, 2.75) is 23.5 Å². The number of halogens is 2. The molecule has 7 nitrogen and oxygen atoms in total. The number of carbonyl (C=O) groups is 1. The van der Waals surface area contributed by atoms with Crippen LogP contribution in [0.5, 0.6) is 0 Å². The molecule has 1 aliphatic rings. The van der Waals surface area contributed by atoms with Crippen LogP contribution >= 0.6 is 23.2 Å². The molecule has 0 aromatic heterocycles. The minimum absolute atomic E-state index is 0.00257. The predicted molar refractivity (Wildman–Crippen MR) is 87.6 cm³/mol. The third kappa shape index (κ3) is 4.19. The van der Waals surface area contributed by atoms with Crippen molar-refractivity contribution in [3.63, 3.8) is 0 Å². The highest BCUT2D eigenvalue weighted by Gasteiger charge is 2.44. The average molecular weight is 398 g/mol. The van der Waals surface area contributed by atoms with Gasteiger partial charge in [0.25, 0.3) is 0 Å². The van der Waals surface area contributed by atoms with Gasteiger partial charge in [-0.15, -0.1) is 0 Å². The van der Waals surface area contributed by atoms with E-state index >= 15 is 0 Å². The standard InChI is InChI=1S/C14H17Cl2NO6S/c1-22-4-5-23-14(19)13-6-9(18)8-17(13)24(20,21)10-2-3-11(15)12(16)7-10/h2-3,7,9,13,18H,4-6,8H2,1H3/t9?,13-/m0/s1. The van der Waals surface area contributed by atoms with Crippen LogP contribution in [0, 0.1) is 0 Å². The number of hydrogen-bond donors (Lipinski definition) is 1. The van der Waals surface area contributed by atoms with Gasteiger partial charge in [0.05, 0.1) is 27.7 Å². The summed E-state index contributed by atoms with van der Waals surface area (Å²) >= 11 is 11.7. The van der Waals surface area contributed by atoms with E-state index in [0.29, 0.717) is 0 Å². The lowest BCUT2D eigenvalue weighted by Gasteiger charge is -2.22. The van der Waals surface area contributed by atoms with E-state index in [-0.39, 0.29) is 41.1 Å². The number of sulfonamides is 1. The number of aliphatic hydroxyl groups excluding tert-OH is 1. The molecule has 0 bridgehead atoms. The third-order valence-electron chi connectivity index (χ3n) is 3.54. The van der Waals surface area contributed by atoms with E-state index in [0.717, 1.165) is 4.31 Å². The fourth-order valence-electron chi connectivity index (χ4n) is 2.36. The summed E-state index contributed by atoms with van der Waals surface area (Å²) in [7, 11) is -2.58. The van der Waals surface area contributed by atoms with E-state index in [9.17, 15) is 18.3 Å². The van der Waals surface area contributed by atoms with Crippen molar-refractivity contribution in [3.05, 3.63) is 28.2 Å². The predicted octanol–water partition coefficient (Wildman–Crippen LogP) is 1.31. The summed E-state index contributed by atoms with van der Waals surface area (Å²) in [6.45, 7) is -0.00420. The van der Waals surface area contributed by atoms with Gasteiger partial charge in [0, 0.05) is 20.1 Å². The van der Waals surface area contributed by atoms with Gasteiger partial charge in [0.15, 0.2) is 0 Å². The maximum atomic E-state index is 12.8. The number of esters is 1. The zero-order valence-corrected chi connectivity index (χ0v) is 15.1. The Kier molecular flexibility index (Phi) is 6.46. The molecule has 1 aromatic rings. The van der Waals surface area contributed by atoms with Crippen molar-refractivity contribution in [1.29, 1.82) is 0 Å². The van der Waals surface area contributed by atoms with Crippen LogP contribution in [0.4, 0.5) is 0 Å². The summed E-state index contributed by atoms with van der Waals surface area (Å²) in [4.78, 5) is 12.0. The van der Waals surface area contributed by atoms with Gasteiger partial charge in [-0.2, -0.15) is 4.31 Å². The lowest BCUT2D eigenvalue weighted by molar-refractivity contribution is -0.148. The maximum absolute atomic E-state index is 12.8. The van der Waals surface area contributed by atoms with E-state index in [2.05, 4.69) is 0 Å². The van der Waals surface area contributed by atoms with Gasteiger partial charge in [-0.05, 0) is 18.2 Å². The zero-order valence-electron chi connectivity index (χ0n) is 12.8. The van der Waals surface area contributed by atoms with Gasteiger partial charge in [-0.1, -0.05) is 23.2 Å². The molecule has 1 aromatic carbocycles. The van der Waals surface area contributed by atoms with Crippen molar-refractivity contribution in [3.8, 4) is 0 Å². The Bertz CT molecular complexity index is 711. The van der Waals surface area contributed by atoms with E-state index in [1.54, 1.807) is 0 Å². The van der Waals surface area contributed by atoms with E-state index in [1.807, 2.05) is 0 Å². The third-order valence-corrected chi connectivity index (χ3v) is 6.14. The molecular weight excluding hydrogens is 381 g/mol. The lowest BCUT2D eigenvalue weighted by atomic mass is 10.2. The van der Waals surface area contributed by atoms with Crippen LogP contribution in [-0.2, 0) is 24.3 Å². The second kappa shape index (κ2) is 7.99. The Morgan fingerprint density at radius 2 is 2.04 bits per heavy atom. The molecule has 1 heterocycles. The minimum Gasteiger partial charge on any atom is -0.462 e. The fraction of sp³-hybridized carbons (Fsp3) is 0.500.